The highest BCUT2D eigenvalue weighted by molar-refractivity contribution is 5.79. The van der Waals surface area contributed by atoms with Gasteiger partial charge in [0.2, 0.25) is 0 Å². The van der Waals surface area contributed by atoms with Crippen molar-refractivity contribution < 1.29 is 22.3 Å². The van der Waals surface area contributed by atoms with E-state index in [1.165, 1.54) is 11.8 Å². The first kappa shape index (κ1) is 20.3. The molecule has 0 aliphatic rings. The van der Waals surface area contributed by atoms with E-state index < -0.39 is 34.6 Å². The highest BCUT2D eigenvalue weighted by Crippen LogP contribution is 2.28. The van der Waals surface area contributed by atoms with Gasteiger partial charge in [-0.05, 0) is 30.7 Å². The molecule has 0 saturated carbocycles. The Kier molecular flexibility index (Phi) is 4.64. The molecule has 0 atom stereocenters. The predicted molar refractivity (Wildman–Crippen MR) is 101 cm³/mol. The van der Waals surface area contributed by atoms with Crippen LogP contribution in [0.5, 0.6) is 5.75 Å². The molecule has 4 rings (SSSR count). The minimum atomic E-state index is -4.94. The third kappa shape index (κ3) is 3.45. The molecule has 160 valence electrons. The number of fused-ring (bicyclic) bond motifs is 1. The first-order valence-electron chi connectivity index (χ1n) is 8.74. The summed E-state index contributed by atoms with van der Waals surface area (Å²) < 4.78 is 60.1. The van der Waals surface area contributed by atoms with E-state index in [2.05, 4.69) is 10.3 Å². The largest absolute Gasteiger partial charge is 0.494 e. The molecular formula is C19H13F4N5O3. The molecule has 0 unspecified atom stereocenters. The molecule has 2 heterocycles. The summed E-state index contributed by atoms with van der Waals surface area (Å²) in [4.78, 5) is 26.0. The third-order valence-electron chi connectivity index (χ3n) is 4.56. The van der Waals surface area contributed by atoms with Gasteiger partial charge in [0, 0.05) is 12.1 Å². The minimum absolute atomic E-state index is 0.0983. The Morgan fingerprint density at radius 3 is 2.45 bits per heavy atom. The number of aromatic nitrogens is 5. The van der Waals surface area contributed by atoms with Gasteiger partial charge in [-0.15, -0.1) is 5.10 Å². The van der Waals surface area contributed by atoms with E-state index in [1.807, 2.05) is 6.92 Å². The van der Waals surface area contributed by atoms with Crippen molar-refractivity contribution in [2.45, 2.75) is 13.1 Å². The fourth-order valence-corrected chi connectivity index (χ4v) is 3.12. The normalized spacial score (nSPS) is 11.8. The van der Waals surface area contributed by atoms with Crippen LogP contribution in [0.15, 0.2) is 46.0 Å². The molecule has 8 nitrogen and oxygen atoms in total. The van der Waals surface area contributed by atoms with Gasteiger partial charge in [0.25, 0.3) is 5.56 Å². The molecule has 0 amide bonds. The second-order valence-corrected chi connectivity index (χ2v) is 6.63. The van der Waals surface area contributed by atoms with Crippen molar-refractivity contribution in [3.05, 3.63) is 74.3 Å². The zero-order chi connectivity index (χ0) is 22.5. The summed E-state index contributed by atoms with van der Waals surface area (Å²) in [5, 5.41) is 7.86. The van der Waals surface area contributed by atoms with Gasteiger partial charge < -0.3 is 9.72 Å². The lowest BCUT2D eigenvalue weighted by Crippen LogP contribution is -2.36. The number of alkyl halides is 3. The number of rotatable bonds is 3. The van der Waals surface area contributed by atoms with Crippen LogP contribution < -0.4 is 16.0 Å². The quantitative estimate of drug-likeness (QED) is 0.500. The Bertz CT molecular complexity index is 1400. The van der Waals surface area contributed by atoms with E-state index in [4.69, 9.17) is 4.74 Å². The highest BCUT2D eigenvalue weighted by Gasteiger charge is 2.33. The lowest BCUT2D eigenvalue weighted by Gasteiger charge is -2.11. The SMILES string of the molecule is COc1ccc(C)cc1-n1nnc2cc(F)c(-n3c(=O)cc(C(F)(F)F)[nH]c3=O)cc21. The lowest BCUT2D eigenvalue weighted by molar-refractivity contribution is -0.141. The summed E-state index contributed by atoms with van der Waals surface area (Å²) in [6.07, 6.45) is -4.94. The smallest absolute Gasteiger partial charge is 0.431 e. The number of H-pyrrole nitrogens is 1. The highest BCUT2D eigenvalue weighted by atomic mass is 19.4. The van der Waals surface area contributed by atoms with Crippen molar-refractivity contribution in [2.24, 2.45) is 0 Å². The van der Waals surface area contributed by atoms with Gasteiger partial charge >= 0.3 is 11.9 Å². The zero-order valence-electron chi connectivity index (χ0n) is 16.0. The van der Waals surface area contributed by atoms with Crippen molar-refractivity contribution in [1.29, 1.82) is 0 Å². The van der Waals surface area contributed by atoms with Gasteiger partial charge in [0.15, 0.2) is 0 Å². The molecule has 0 bridgehead atoms. The molecule has 31 heavy (non-hydrogen) atoms. The molecule has 0 spiro atoms. The average Bonchev–Trinajstić information content (AvgIpc) is 3.09. The molecule has 12 heteroatoms. The van der Waals surface area contributed by atoms with Crippen molar-refractivity contribution >= 4 is 11.0 Å². The monoisotopic (exact) mass is 435 g/mol. The van der Waals surface area contributed by atoms with Gasteiger partial charge in [-0.25, -0.2) is 18.4 Å². The van der Waals surface area contributed by atoms with Gasteiger partial charge in [-0.3, -0.25) is 4.79 Å². The number of hydrogen-bond acceptors (Lipinski definition) is 5. The average molecular weight is 435 g/mol. The third-order valence-corrected chi connectivity index (χ3v) is 4.56. The first-order valence-corrected chi connectivity index (χ1v) is 8.74. The summed E-state index contributed by atoms with van der Waals surface area (Å²) in [6.45, 7) is 1.83. The summed E-state index contributed by atoms with van der Waals surface area (Å²) in [7, 11) is 1.44. The van der Waals surface area contributed by atoms with Crippen LogP contribution in [0, 0.1) is 12.7 Å². The molecule has 2 aromatic carbocycles. The van der Waals surface area contributed by atoms with E-state index in [0.717, 1.165) is 17.7 Å². The number of hydrogen-bond donors (Lipinski definition) is 1. The Balaban J connectivity index is 1.98. The molecule has 0 aliphatic carbocycles. The minimum Gasteiger partial charge on any atom is -0.494 e. The summed E-state index contributed by atoms with van der Waals surface area (Å²) in [6, 6.07) is 7.44. The molecule has 2 aromatic heterocycles. The van der Waals surface area contributed by atoms with Crippen LogP contribution in [-0.2, 0) is 6.18 Å². The van der Waals surface area contributed by atoms with Gasteiger partial charge in [0.05, 0.1) is 18.3 Å². The van der Waals surface area contributed by atoms with Crippen LogP contribution in [0.4, 0.5) is 17.6 Å². The predicted octanol–water partition coefficient (Wildman–Crippen LogP) is 2.73. The van der Waals surface area contributed by atoms with Gasteiger partial charge in [-0.1, -0.05) is 11.3 Å². The van der Waals surface area contributed by atoms with Crippen LogP contribution in [0.1, 0.15) is 11.3 Å². The van der Waals surface area contributed by atoms with Crippen LogP contribution in [0.2, 0.25) is 0 Å². The number of aromatic amines is 1. The molecule has 1 N–H and O–H groups in total. The molecule has 0 fully saturated rings. The Morgan fingerprint density at radius 1 is 1.06 bits per heavy atom. The van der Waals surface area contributed by atoms with E-state index in [1.54, 1.807) is 23.2 Å². The lowest BCUT2D eigenvalue weighted by atomic mass is 10.2. The van der Waals surface area contributed by atoms with Crippen LogP contribution in [0.25, 0.3) is 22.4 Å². The maximum absolute atomic E-state index is 14.7. The fourth-order valence-electron chi connectivity index (χ4n) is 3.12. The summed E-state index contributed by atoms with van der Waals surface area (Å²) in [5.74, 6) is -0.615. The topological polar surface area (TPSA) is 94.8 Å². The van der Waals surface area contributed by atoms with Crippen molar-refractivity contribution in [2.75, 3.05) is 7.11 Å². The molecule has 0 aliphatic heterocycles. The number of benzene rings is 2. The standard InChI is InChI=1S/C19H13F4N5O3/c1-9-3-4-15(31-2)14(5-9)28-13-7-12(10(20)6-11(13)25-26-28)27-17(29)8-16(19(21,22)23)24-18(27)30/h3-8H,1-2H3,(H,24,30). The number of aryl methyl sites for hydroxylation is 1. The Morgan fingerprint density at radius 2 is 1.81 bits per heavy atom. The zero-order valence-corrected chi connectivity index (χ0v) is 16.0. The van der Waals surface area contributed by atoms with Gasteiger partial charge in [-0.2, -0.15) is 13.2 Å². The van der Waals surface area contributed by atoms with E-state index >= 15 is 0 Å². The molecule has 4 aromatic rings. The van der Waals surface area contributed by atoms with Crippen LogP contribution in [0.3, 0.4) is 0 Å². The maximum atomic E-state index is 14.7. The maximum Gasteiger partial charge on any atom is 0.431 e. The van der Waals surface area contributed by atoms with Gasteiger partial charge in [0.1, 0.15) is 28.5 Å². The molecule has 0 radical (unpaired) electrons. The fraction of sp³-hybridized carbons (Fsp3) is 0.158. The van der Waals surface area contributed by atoms with E-state index in [-0.39, 0.29) is 21.7 Å². The number of methoxy groups -OCH3 is 1. The number of ether oxygens (including phenoxy) is 1. The van der Waals surface area contributed by atoms with Crippen molar-refractivity contribution in [1.82, 2.24) is 24.5 Å². The number of nitrogens with one attached hydrogen (secondary N) is 1. The number of nitrogens with zero attached hydrogens (tertiary/aromatic N) is 4. The van der Waals surface area contributed by atoms with Crippen molar-refractivity contribution in [3.8, 4) is 17.1 Å². The van der Waals surface area contributed by atoms with Crippen LogP contribution in [-0.4, -0.2) is 31.7 Å². The number of halogens is 4. The molecular weight excluding hydrogens is 422 g/mol. The Hall–Kier alpha value is -3.96. The second-order valence-electron chi connectivity index (χ2n) is 6.63. The first-order chi connectivity index (χ1) is 14.6. The summed E-state index contributed by atoms with van der Waals surface area (Å²) >= 11 is 0. The van der Waals surface area contributed by atoms with E-state index in [0.29, 0.717) is 11.4 Å². The Labute approximate surface area is 170 Å². The van der Waals surface area contributed by atoms with Crippen molar-refractivity contribution in [3.63, 3.8) is 0 Å². The molecule has 0 saturated heterocycles. The van der Waals surface area contributed by atoms with Crippen LogP contribution >= 0.6 is 0 Å². The summed E-state index contributed by atoms with van der Waals surface area (Å²) in [5.41, 5.74) is -3.26. The second kappa shape index (κ2) is 7.07. The van der Waals surface area contributed by atoms with E-state index in [9.17, 15) is 27.2 Å².